The summed E-state index contributed by atoms with van der Waals surface area (Å²) < 4.78 is 9.77. The molecule has 1 aliphatic rings. The summed E-state index contributed by atoms with van der Waals surface area (Å²) in [6.45, 7) is 1.61. The average Bonchev–Trinajstić information content (AvgIpc) is 2.59. The SMILES string of the molecule is CC1=CC(OC(=O)c2ccccc2)OC1=O. The fourth-order valence-corrected chi connectivity index (χ4v) is 1.31. The molecule has 0 aromatic heterocycles. The summed E-state index contributed by atoms with van der Waals surface area (Å²) in [5.41, 5.74) is 0.877. The number of esters is 2. The summed E-state index contributed by atoms with van der Waals surface area (Å²) in [5.74, 6) is -0.963. The van der Waals surface area contributed by atoms with E-state index in [1.807, 2.05) is 0 Å². The van der Waals surface area contributed by atoms with Gasteiger partial charge in [0, 0.05) is 11.6 Å². The Morgan fingerprint density at radius 2 is 2.00 bits per heavy atom. The molecular weight excluding hydrogens is 208 g/mol. The van der Waals surface area contributed by atoms with Crippen molar-refractivity contribution < 1.29 is 19.1 Å². The number of benzene rings is 1. The van der Waals surface area contributed by atoms with Crippen molar-refractivity contribution in [3.05, 3.63) is 47.5 Å². The molecule has 0 radical (unpaired) electrons. The molecule has 1 heterocycles. The van der Waals surface area contributed by atoms with Crippen LogP contribution in [0.5, 0.6) is 0 Å². The van der Waals surface area contributed by atoms with E-state index in [1.54, 1.807) is 37.3 Å². The second-order valence-corrected chi connectivity index (χ2v) is 3.39. The van der Waals surface area contributed by atoms with Crippen LogP contribution in [-0.4, -0.2) is 18.2 Å². The van der Waals surface area contributed by atoms with Crippen LogP contribution in [0.2, 0.25) is 0 Å². The summed E-state index contributed by atoms with van der Waals surface area (Å²) >= 11 is 0. The molecule has 4 nitrogen and oxygen atoms in total. The molecule has 4 heteroatoms. The van der Waals surface area contributed by atoms with Gasteiger partial charge >= 0.3 is 11.9 Å². The van der Waals surface area contributed by atoms with Gasteiger partial charge in [-0.05, 0) is 19.1 Å². The van der Waals surface area contributed by atoms with Crippen molar-refractivity contribution in [1.29, 1.82) is 0 Å². The first-order valence-corrected chi connectivity index (χ1v) is 4.82. The molecule has 0 spiro atoms. The lowest BCUT2D eigenvalue weighted by atomic mass is 10.2. The van der Waals surface area contributed by atoms with Crippen LogP contribution >= 0.6 is 0 Å². The summed E-state index contributed by atoms with van der Waals surface area (Å²) in [5, 5.41) is 0. The minimum atomic E-state index is -0.903. The van der Waals surface area contributed by atoms with Crippen molar-refractivity contribution in [2.24, 2.45) is 0 Å². The Hall–Kier alpha value is -2.10. The highest BCUT2D eigenvalue weighted by Gasteiger charge is 2.25. The first kappa shape index (κ1) is 10.4. The van der Waals surface area contributed by atoms with Crippen LogP contribution in [0.1, 0.15) is 17.3 Å². The van der Waals surface area contributed by atoms with Gasteiger partial charge in [-0.3, -0.25) is 0 Å². The number of rotatable bonds is 2. The van der Waals surface area contributed by atoms with Crippen molar-refractivity contribution in [2.45, 2.75) is 13.2 Å². The summed E-state index contributed by atoms with van der Waals surface area (Å²) in [4.78, 5) is 22.6. The van der Waals surface area contributed by atoms with Crippen molar-refractivity contribution in [3.63, 3.8) is 0 Å². The molecule has 1 aromatic rings. The molecule has 82 valence electrons. The largest absolute Gasteiger partial charge is 0.418 e. The van der Waals surface area contributed by atoms with Gasteiger partial charge in [0.05, 0.1) is 5.56 Å². The van der Waals surface area contributed by atoms with Gasteiger partial charge in [-0.15, -0.1) is 0 Å². The van der Waals surface area contributed by atoms with E-state index in [9.17, 15) is 9.59 Å². The van der Waals surface area contributed by atoms with Crippen LogP contribution in [0.4, 0.5) is 0 Å². The minimum absolute atomic E-state index is 0.427. The molecular formula is C12H10O4. The first-order chi connectivity index (χ1) is 7.66. The highest BCUT2D eigenvalue weighted by atomic mass is 16.7. The van der Waals surface area contributed by atoms with Crippen LogP contribution < -0.4 is 0 Å². The van der Waals surface area contributed by atoms with Gasteiger partial charge < -0.3 is 9.47 Å². The number of hydrogen-bond donors (Lipinski definition) is 0. The van der Waals surface area contributed by atoms with Crippen molar-refractivity contribution in [1.82, 2.24) is 0 Å². The molecule has 0 bridgehead atoms. The maximum Gasteiger partial charge on any atom is 0.341 e. The van der Waals surface area contributed by atoms with Crippen LogP contribution in [0.15, 0.2) is 42.0 Å². The van der Waals surface area contributed by atoms with E-state index in [1.165, 1.54) is 6.08 Å². The molecule has 1 atom stereocenters. The zero-order valence-corrected chi connectivity index (χ0v) is 8.67. The van der Waals surface area contributed by atoms with Gasteiger partial charge in [-0.25, -0.2) is 9.59 Å². The lowest BCUT2D eigenvalue weighted by Crippen LogP contribution is -2.17. The van der Waals surface area contributed by atoms with Crippen LogP contribution in [-0.2, 0) is 14.3 Å². The van der Waals surface area contributed by atoms with Gasteiger partial charge in [0.15, 0.2) is 0 Å². The molecule has 2 rings (SSSR count). The number of cyclic esters (lactones) is 1. The Balaban J connectivity index is 2.02. The smallest absolute Gasteiger partial charge is 0.341 e. The topological polar surface area (TPSA) is 52.6 Å². The van der Waals surface area contributed by atoms with E-state index < -0.39 is 18.2 Å². The molecule has 16 heavy (non-hydrogen) atoms. The fourth-order valence-electron chi connectivity index (χ4n) is 1.31. The highest BCUT2D eigenvalue weighted by molar-refractivity contribution is 5.92. The van der Waals surface area contributed by atoms with Gasteiger partial charge in [0.25, 0.3) is 6.29 Å². The van der Waals surface area contributed by atoms with Crippen molar-refractivity contribution in [3.8, 4) is 0 Å². The molecule has 0 N–H and O–H groups in total. The average molecular weight is 218 g/mol. The van der Waals surface area contributed by atoms with Gasteiger partial charge in [0.2, 0.25) is 0 Å². The second-order valence-electron chi connectivity index (χ2n) is 3.39. The molecule has 1 aliphatic heterocycles. The van der Waals surface area contributed by atoms with E-state index in [4.69, 9.17) is 9.47 Å². The first-order valence-electron chi connectivity index (χ1n) is 4.82. The zero-order valence-electron chi connectivity index (χ0n) is 8.67. The van der Waals surface area contributed by atoms with Crippen LogP contribution in [0.3, 0.4) is 0 Å². The number of ether oxygens (including phenoxy) is 2. The fraction of sp³-hybridized carbons (Fsp3) is 0.167. The lowest BCUT2D eigenvalue weighted by Gasteiger charge is -2.09. The normalized spacial score (nSPS) is 18.9. The van der Waals surface area contributed by atoms with Gasteiger partial charge in [0.1, 0.15) is 0 Å². The van der Waals surface area contributed by atoms with E-state index in [2.05, 4.69) is 0 Å². The van der Waals surface area contributed by atoms with Gasteiger partial charge in [-0.1, -0.05) is 18.2 Å². The Kier molecular flexibility index (Phi) is 2.72. The number of carbonyl (C=O) groups excluding carboxylic acids is 2. The quantitative estimate of drug-likeness (QED) is 0.708. The maximum absolute atomic E-state index is 11.6. The Morgan fingerprint density at radius 1 is 1.31 bits per heavy atom. The van der Waals surface area contributed by atoms with Crippen LogP contribution in [0, 0.1) is 0 Å². The molecule has 0 aliphatic carbocycles. The molecule has 0 amide bonds. The van der Waals surface area contributed by atoms with Gasteiger partial charge in [-0.2, -0.15) is 0 Å². The van der Waals surface area contributed by atoms with E-state index >= 15 is 0 Å². The molecule has 0 saturated carbocycles. The summed E-state index contributed by atoms with van der Waals surface area (Å²) in [7, 11) is 0. The number of hydrogen-bond acceptors (Lipinski definition) is 4. The van der Waals surface area contributed by atoms with E-state index in [0.29, 0.717) is 11.1 Å². The predicted molar refractivity (Wildman–Crippen MR) is 55.5 cm³/mol. The van der Waals surface area contributed by atoms with Crippen molar-refractivity contribution >= 4 is 11.9 Å². The third-order valence-electron chi connectivity index (χ3n) is 2.16. The Morgan fingerprint density at radius 3 is 2.56 bits per heavy atom. The third-order valence-corrected chi connectivity index (χ3v) is 2.16. The maximum atomic E-state index is 11.6. The molecule has 0 fully saturated rings. The Bertz CT molecular complexity index is 447. The predicted octanol–water partition coefficient (Wildman–Crippen LogP) is 1.67. The van der Waals surface area contributed by atoms with E-state index in [0.717, 1.165) is 0 Å². The summed E-state index contributed by atoms with van der Waals surface area (Å²) in [6, 6.07) is 8.54. The lowest BCUT2D eigenvalue weighted by molar-refractivity contribution is -0.151. The zero-order chi connectivity index (χ0) is 11.5. The highest BCUT2D eigenvalue weighted by Crippen LogP contribution is 2.15. The van der Waals surface area contributed by atoms with Crippen LogP contribution in [0.25, 0.3) is 0 Å². The second kappa shape index (κ2) is 4.18. The molecule has 1 aromatic carbocycles. The molecule has 0 saturated heterocycles. The summed E-state index contributed by atoms with van der Waals surface area (Å²) in [6.07, 6.45) is 0.573. The minimum Gasteiger partial charge on any atom is -0.418 e. The number of carbonyl (C=O) groups is 2. The monoisotopic (exact) mass is 218 g/mol. The van der Waals surface area contributed by atoms with E-state index in [-0.39, 0.29) is 0 Å². The third kappa shape index (κ3) is 2.11. The van der Waals surface area contributed by atoms with Crippen molar-refractivity contribution in [2.75, 3.05) is 0 Å². The standard InChI is InChI=1S/C12H10O4/c1-8-7-10(15-11(8)13)16-12(14)9-5-3-2-4-6-9/h2-7,10H,1H3. The Labute approximate surface area is 92.5 Å². The molecule has 1 unspecified atom stereocenters.